The number of ether oxygens (including phenoxy) is 1. The molecule has 0 fully saturated rings. The SMILES string of the molecule is CCC(C)OC(=O)C(=O)c1cccnc1. The second-order valence-electron chi connectivity index (χ2n) is 3.19. The Kier molecular flexibility index (Phi) is 3.97. The Hall–Kier alpha value is -1.71. The van der Waals surface area contributed by atoms with Crippen LogP contribution in [0.15, 0.2) is 24.5 Å². The molecule has 0 saturated carbocycles. The fourth-order valence-corrected chi connectivity index (χ4v) is 0.935. The van der Waals surface area contributed by atoms with Crippen LogP contribution in [0.5, 0.6) is 0 Å². The van der Waals surface area contributed by atoms with Gasteiger partial charge in [0.25, 0.3) is 5.78 Å². The van der Waals surface area contributed by atoms with Gasteiger partial charge in [-0.2, -0.15) is 0 Å². The third-order valence-electron chi connectivity index (χ3n) is 1.99. The predicted molar refractivity (Wildman–Crippen MR) is 54.4 cm³/mol. The molecule has 1 aromatic rings. The quantitative estimate of drug-likeness (QED) is 0.427. The van der Waals surface area contributed by atoms with E-state index in [4.69, 9.17) is 4.74 Å². The van der Waals surface area contributed by atoms with Crippen LogP contribution in [0.25, 0.3) is 0 Å². The highest BCUT2D eigenvalue weighted by molar-refractivity contribution is 6.40. The second-order valence-corrected chi connectivity index (χ2v) is 3.19. The highest BCUT2D eigenvalue weighted by atomic mass is 16.5. The number of ketones is 1. The van der Waals surface area contributed by atoms with Crippen LogP contribution >= 0.6 is 0 Å². The van der Waals surface area contributed by atoms with E-state index in [1.54, 1.807) is 13.0 Å². The lowest BCUT2D eigenvalue weighted by Crippen LogP contribution is -2.22. The first kappa shape index (κ1) is 11.4. The first-order valence-electron chi connectivity index (χ1n) is 4.80. The van der Waals surface area contributed by atoms with Crippen LogP contribution in [0.3, 0.4) is 0 Å². The summed E-state index contributed by atoms with van der Waals surface area (Å²) < 4.78 is 4.90. The van der Waals surface area contributed by atoms with Crippen LogP contribution in [0.4, 0.5) is 0 Å². The monoisotopic (exact) mass is 207 g/mol. The largest absolute Gasteiger partial charge is 0.457 e. The third kappa shape index (κ3) is 3.16. The normalized spacial score (nSPS) is 11.9. The van der Waals surface area contributed by atoms with Crippen molar-refractivity contribution in [2.24, 2.45) is 0 Å². The van der Waals surface area contributed by atoms with E-state index in [0.29, 0.717) is 6.42 Å². The van der Waals surface area contributed by atoms with E-state index in [-0.39, 0.29) is 11.7 Å². The van der Waals surface area contributed by atoms with E-state index < -0.39 is 11.8 Å². The average Bonchev–Trinajstić information content (AvgIpc) is 2.29. The number of Topliss-reactive ketones (excluding diaryl/α,β-unsaturated/α-hetero) is 1. The molecule has 4 nitrogen and oxygen atoms in total. The van der Waals surface area contributed by atoms with Crippen molar-refractivity contribution in [2.75, 3.05) is 0 Å². The molecule has 1 aromatic heterocycles. The Morgan fingerprint density at radius 3 is 2.80 bits per heavy atom. The summed E-state index contributed by atoms with van der Waals surface area (Å²) in [7, 11) is 0. The molecule has 0 bridgehead atoms. The Morgan fingerprint density at radius 2 is 2.27 bits per heavy atom. The molecule has 15 heavy (non-hydrogen) atoms. The summed E-state index contributed by atoms with van der Waals surface area (Å²) >= 11 is 0. The van der Waals surface area contributed by atoms with Crippen molar-refractivity contribution < 1.29 is 14.3 Å². The van der Waals surface area contributed by atoms with Gasteiger partial charge in [0, 0.05) is 18.0 Å². The zero-order chi connectivity index (χ0) is 11.3. The number of nitrogens with zero attached hydrogens (tertiary/aromatic N) is 1. The number of hydrogen-bond donors (Lipinski definition) is 0. The predicted octanol–water partition coefficient (Wildman–Crippen LogP) is 1.61. The van der Waals surface area contributed by atoms with Crippen LogP contribution < -0.4 is 0 Å². The summed E-state index contributed by atoms with van der Waals surface area (Å²) in [5, 5.41) is 0. The van der Waals surface area contributed by atoms with E-state index in [2.05, 4.69) is 4.98 Å². The van der Waals surface area contributed by atoms with Crippen LogP contribution in [-0.4, -0.2) is 22.8 Å². The van der Waals surface area contributed by atoms with Gasteiger partial charge < -0.3 is 4.74 Å². The van der Waals surface area contributed by atoms with Crippen molar-refractivity contribution in [1.29, 1.82) is 0 Å². The Labute approximate surface area is 88.3 Å². The molecule has 0 aromatic carbocycles. The molecule has 1 unspecified atom stereocenters. The van der Waals surface area contributed by atoms with Gasteiger partial charge in [0.05, 0.1) is 6.10 Å². The molecule has 0 radical (unpaired) electrons. The molecular weight excluding hydrogens is 194 g/mol. The van der Waals surface area contributed by atoms with Gasteiger partial charge in [-0.1, -0.05) is 6.92 Å². The van der Waals surface area contributed by atoms with Crippen molar-refractivity contribution in [2.45, 2.75) is 26.4 Å². The lowest BCUT2D eigenvalue weighted by atomic mass is 10.2. The first-order chi connectivity index (χ1) is 7.15. The molecule has 4 heteroatoms. The van der Waals surface area contributed by atoms with E-state index in [9.17, 15) is 9.59 Å². The molecule has 0 aliphatic rings. The fraction of sp³-hybridized carbons (Fsp3) is 0.364. The topological polar surface area (TPSA) is 56.3 Å². The molecule has 80 valence electrons. The summed E-state index contributed by atoms with van der Waals surface area (Å²) in [6, 6.07) is 3.14. The van der Waals surface area contributed by atoms with Gasteiger partial charge in [-0.05, 0) is 25.5 Å². The molecule has 0 amide bonds. The summed E-state index contributed by atoms with van der Waals surface area (Å²) in [6.07, 6.45) is 3.33. The van der Waals surface area contributed by atoms with Gasteiger partial charge in [0.2, 0.25) is 0 Å². The lowest BCUT2D eigenvalue weighted by molar-refractivity contribution is -0.142. The minimum Gasteiger partial charge on any atom is -0.457 e. The van der Waals surface area contributed by atoms with Crippen molar-refractivity contribution >= 4 is 11.8 Å². The number of pyridine rings is 1. The molecule has 0 saturated heterocycles. The van der Waals surface area contributed by atoms with Gasteiger partial charge in [0.15, 0.2) is 0 Å². The number of hydrogen-bond acceptors (Lipinski definition) is 4. The number of carbonyl (C=O) groups excluding carboxylic acids is 2. The maximum atomic E-state index is 11.5. The molecule has 1 atom stereocenters. The van der Waals surface area contributed by atoms with Gasteiger partial charge in [-0.3, -0.25) is 9.78 Å². The van der Waals surface area contributed by atoms with Crippen molar-refractivity contribution in [3.8, 4) is 0 Å². The van der Waals surface area contributed by atoms with Crippen LogP contribution in [0, 0.1) is 0 Å². The molecule has 0 spiro atoms. The Morgan fingerprint density at radius 1 is 1.53 bits per heavy atom. The summed E-state index contributed by atoms with van der Waals surface area (Å²) in [6.45, 7) is 3.63. The van der Waals surface area contributed by atoms with Crippen LogP contribution in [0.2, 0.25) is 0 Å². The van der Waals surface area contributed by atoms with Crippen molar-refractivity contribution in [3.05, 3.63) is 30.1 Å². The Bertz CT molecular complexity index is 348. The van der Waals surface area contributed by atoms with Crippen molar-refractivity contribution in [3.63, 3.8) is 0 Å². The van der Waals surface area contributed by atoms with Gasteiger partial charge in [0.1, 0.15) is 0 Å². The fourth-order valence-electron chi connectivity index (χ4n) is 0.935. The number of carbonyl (C=O) groups is 2. The molecule has 0 aliphatic heterocycles. The molecule has 0 N–H and O–H groups in total. The van der Waals surface area contributed by atoms with Crippen LogP contribution in [0.1, 0.15) is 30.6 Å². The first-order valence-corrected chi connectivity index (χ1v) is 4.80. The highest BCUT2D eigenvalue weighted by Crippen LogP contribution is 2.03. The number of aromatic nitrogens is 1. The summed E-state index contributed by atoms with van der Waals surface area (Å²) in [4.78, 5) is 26.6. The second kappa shape index (κ2) is 5.24. The smallest absolute Gasteiger partial charge is 0.379 e. The lowest BCUT2D eigenvalue weighted by Gasteiger charge is -2.09. The van der Waals surface area contributed by atoms with Crippen molar-refractivity contribution in [1.82, 2.24) is 4.98 Å². The Balaban J connectivity index is 2.66. The van der Waals surface area contributed by atoms with E-state index in [0.717, 1.165) is 0 Å². The van der Waals surface area contributed by atoms with Gasteiger partial charge in [-0.15, -0.1) is 0 Å². The molecule has 0 aliphatic carbocycles. The molecular formula is C11H13NO3. The van der Waals surface area contributed by atoms with E-state index in [1.807, 2.05) is 6.92 Å². The molecule has 1 rings (SSSR count). The number of rotatable bonds is 4. The minimum atomic E-state index is -0.822. The highest BCUT2D eigenvalue weighted by Gasteiger charge is 2.19. The van der Waals surface area contributed by atoms with E-state index in [1.165, 1.54) is 18.5 Å². The average molecular weight is 207 g/mol. The number of esters is 1. The zero-order valence-electron chi connectivity index (χ0n) is 8.77. The third-order valence-corrected chi connectivity index (χ3v) is 1.99. The van der Waals surface area contributed by atoms with E-state index >= 15 is 0 Å². The van der Waals surface area contributed by atoms with Gasteiger partial charge in [-0.25, -0.2) is 4.79 Å². The standard InChI is InChI=1S/C11H13NO3/c1-3-8(2)15-11(14)10(13)9-5-4-6-12-7-9/h4-8H,3H2,1-2H3. The summed E-state index contributed by atoms with van der Waals surface area (Å²) in [5.74, 6) is -1.47. The maximum Gasteiger partial charge on any atom is 0.379 e. The summed E-state index contributed by atoms with van der Waals surface area (Å²) in [5.41, 5.74) is 0.255. The van der Waals surface area contributed by atoms with Crippen LogP contribution in [-0.2, 0) is 9.53 Å². The maximum absolute atomic E-state index is 11.5. The zero-order valence-corrected chi connectivity index (χ0v) is 8.77. The van der Waals surface area contributed by atoms with Gasteiger partial charge >= 0.3 is 5.97 Å². The minimum absolute atomic E-state index is 0.238. The molecule has 1 heterocycles.